The monoisotopic (exact) mass is 396 g/mol. The molecule has 1 aliphatic heterocycles. The van der Waals surface area contributed by atoms with E-state index in [0.29, 0.717) is 25.3 Å². The van der Waals surface area contributed by atoms with Crippen LogP contribution in [0.3, 0.4) is 0 Å². The van der Waals surface area contributed by atoms with Gasteiger partial charge in [-0.1, -0.05) is 30.3 Å². The molecule has 0 aliphatic carbocycles. The highest BCUT2D eigenvalue weighted by Gasteiger charge is 2.32. The molecule has 1 aromatic heterocycles. The number of Topliss-reactive ketones (excluding diaryl/α,β-unsaturated/α-hetero) is 1. The highest BCUT2D eigenvalue weighted by molar-refractivity contribution is 7.09. The lowest BCUT2D eigenvalue weighted by Crippen LogP contribution is -2.56. The molecule has 144 valence electrons. The van der Waals surface area contributed by atoms with E-state index in [1.54, 1.807) is 19.1 Å². The third kappa shape index (κ3) is 4.04. The van der Waals surface area contributed by atoms with Gasteiger partial charge >= 0.3 is 0 Å². The van der Waals surface area contributed by atoms with Gasteiger partial charge < -0.3 is 9.80 Å². The molecule has 28 heavy (non-hydrogen) atoms. The molecule has 1 aliphatic rings. The fourth-order valence-corrected chi connectivity index (χ4v) is 4.21. The average Bonchev–Trinajstić information content (AvgIpc) is 3.18. The molecule has 1 atom stereocenters. The first-order valence-corrected chi connectivity index (χ1v) is 10.0. The fourth-order valence-electron chi connectivity index (χ4n) is 3.45. The van der Waals surface area contributed by atoms with Crippen molar-refractivity contribution in [3.05, 3.63) is 71.8 Å². The van der Waals surface area contributed by atoms with Crippen molar-refractivity contribution in [1.82, 2.24) is 9.36 Å². The van der Waals surface area contributed by atoms with E-state index < -0.39 is 0 Å². The van der Waals surface area contributed by atoms with Crippen LogP contribution in [0.5, 0.6) is 0 Å². The molecule has 4 rings (SSSR count). The van der Waals surface area contributed by atoms with E-state index in [4.69, 9.17) is 0 Å². The number of para-hydroxylation sites is 1. The largest absolute Gasteiger partial charge is 0.367 e. The van der Waals surface area contributed by atoms with Crippen molar-refractivity contribution in [2.75, 3.05) is 29.4 Å². The van der Waals surface area contributed by atoms with E-state index in [-0.39, 0.29) is 17.6 Å². The second-order valence-electron chi connectivity index (χ2n) is 6.90. The maximum Gasteiger partial charge on any atom is 0.205 e. The summed E-state index contributed by atoms with van der Waals surface area (Å²) in [6, 6.07) is 16.3. The van der Waals surface area contributed by atoms with E-state index in [2.05, 4.69) is 31.3 Å². The van der Waals surface area contributed by atoms with Gasteiger partial charge in [0, 0.05) is 43.3 Å². The van der Waals surface area contributed by atoms with Gasteiger partial charge in [0.25, 0.3) is 0 Å². The van der Waals surface area contributed by atoms with Crippen LogP contribution in [0.25, 0.3) is 0 Å². The van der Waals surface area contributed by atoms with Crippen LogP contribution in [-0.2, 0) is 11.2 Å². The van der Waals surface area contributed by atoms with Crippen molar-refractivity contribution >= 4 is 28.1 Å². The van der Waals surface area contributed by atoms with Gasteiger partial charge in [0.1, 0.15) is 17.7 Å². The Morgan fingerprint density at radius 3 is 2.61 bits per heavy atom. The molecule has 7 heteroatoms. The zero-order valence-electron chi connectivity index (χ0n) is 15.6. The maximum absolute atomic E-state index is 13.1. The standard InChI is InChI=1S/C21H21FN4OS/c1-15(27)19-14-25(18-5-3-2-4-6-18)11-12-26(19)21-23-20(24-28-21)13-16-7-9-17(22)10-8-16/h2-10,19H,11-14H2,1H3. The number of piperazine rings is 1. The lowest BCUT2D eigenvalue weighted by atomic mass is 10.1. The second kappa shape index (κ2) is 8.06. The molecular formula is C21H21FN4OS. The minimum Gasteiger partial charge on any atom is -0.367 e. The highest BCUT2D eigenvalue weighted by Crippen LogP contribution is 2.26. The van der Waals surface area contributed by atoms with Crippen molar-refractivity contribution < 1.29 is 9.18 Å². The first kappa shape index (κ1) is 18.6. The van der Waals surface area contributed by atoms with Crippen LogP contribution in [0.1, 0.15) is 18.3 Å². The molecule has 1 saturated heterocycles. The third-order valence-electron chi connectivity index (χ3n) is 4.95. The second-order valence-corrected chi connectivity index (χ2v) is 7.63. The normalized spacial score (nSPS) is 17.0. The zero-order chi connectivity index (χ0) is 19.5. The van der Waals surface area contributed by atoms with Gasteiger partial charge in [0.15, 0.2) is 5.78 Å². The minimum absolute atomic E-state index is 0.121. The van der Waals surface area contributed by atoms with Gasteiger partial charge in [-0.05, 0) is 36.8 Å². The minimum atomic E-state index is -0.253. The molecule has 0 N–H and O–H groups in total. The number of ketones is 1. The zero-order valence-corrected chi connectivity index (χ0v) is 16.4. The molecule has 0 saturated carbocycles. The Morgan fingerprint density at radius 2 is 1.89 bits per heavy atom. The van der Waals surface area contributed by atoms with Gasteiger partial charge in [0.2, 0.25) is 5.13 Å². The predicted octanol–water partition coefficient (Wildman–Crippen LogP) is 3.55. The summed E-state index contributed by atoms with van der Waals surface area (Å²) < 4.78 is 17.5. The average molecular weight is 396 g/mol. The van der Waals surface area contributed by atoms with Gasteiger partial charge in [-0.2, -0.15) is 4.37 Å². The Balaban J connectivity index is 1.49. The van der Waals surface area contributed by atoms with Gasteiger partial charge in [-0.25, -0.2) is 9.37 Å². The van der Waals surface area contributed by atoms with E-state index in [0.717, 1.165) is 22.9 Å². The number of rotatable bonds is 5. The van der Waals surface area contributed by atoms with E-state index in [1.165, 1.54) is 23.7 Å². The number of halogens is 1. The van der Waals surface area contributed by atoms with E-state index >= 15 is 0 Å². The summed E-state index contributed by atoms with van der Waals surface area (Å²) in [6.45, 7) is 3.80. The summed E-state index contributed by atoms with van der Waals surface area (Å²) in [5.41, 5.74) is 2.09. The van der Waals surface area contributed by atoms with Gasteiger partial charge in [-0.15, -0.1) is 0 Å². The predicted molar refractivity (Wildman–Crippen MR) is 110 cm³/mol. The molecule has 0 bridgehead atoms. The van der Waals surface area contributed by atoms with Crippen molar-refractivity contribution in [2.45, 2.75) is 19.4 Å². The van der Waals surface area contributed by atoms with Crippen LogP contribution in [0.2, 0.25) is 0 Å². The Kier molecular flexibility index (Phi) is 5.34. The molecular weight excluding hydrogens is 375 g/mol. The van der Waals surface area contributed by atoms with E-state index in [9.17, 15) is 9.18 Å². The van der Waals surface area contributed by atoms with Crippen LogP contribution in [0, 0.1) is 5.82 Å². The number of hydrogen-bond donors (Lipinski definition) is 0. The van der Waals surface area contributed by atoms with Gasteiger partial charge in [-0.3, -0.25) is 4.79 Å². The number of anilines is 2. The molecule has 0 spiro atoms. The topological polar surface area (TPSA) is 49.3 Å². The number of aromatic nitrogens is 2. The third-order valence-corrected chi connectivity index (χ3v) is 5.74. The summed E-state index contributed by atoms with van der Waals surface area (Å²) >= 11 is 1.32. The van der Waals surface area contributed by atoms with Crippen LogP contribution >= 0.6 is 11.5 Å². The lowest BCUT2D eigenvalue weighted by molar-refractivity contribution is -0.118. The first-order valence-electron chi connectivity index (χ1n) is 9.24. The van der Waals surface area contributed by atoms with Crippen LogP contribution in [0.4, 0.5) is 15.2 Å². The first-order chi connectivity index (χ1) is 13.6. The number of nitrogens with zero attached hydrogens (tertiary/aromatic N) is 4. The molecule has 1 fully saturated rings. The molecule has 0 amide bonds. The van der Waals surface area contributed by atoms with Crippen LogP contribution < -0.4 is 9.80 Å². The van der Waals surface area contributed by atoms with Crippen molar-refractivity contribution in [3.63, 3.8) is 0 Å². The summed E-state index contributed by atoms with van der Waals surface area (Å²) in [4.78, 5) is 21.3. The Bertz CT molecular complexity index is 945. The van der Waals surface area contributed by atoms with Crippen molar-refractivity contribution in [2.24, 2.45) is 0 Å². The number of carbonyl (C=O) groups is 1. The quantitative estimate of drug-likeness (QED) is 0.660. The highest BCUT2D eigenvalue weighted by atomic mass is 32.1. The summed E-state index contributed by atoms with van der Waals surface area (Å²) in [5.74, 6) is 0.562. The van der Waals surface area contributed by atoms with Crippen molar-refractivity contribution in [1.29, 1.82) is 0 Å². The lowest BCUT2D eigenvalue weighted by Gasteiger charge is -2.41. The Hall–Kier alpha value is -2.80. The van der Waals surface area contributed by atoms with Crippen LogP contribution in [-0.4, -0.2) is 40.8 Å². The van der Waals surface area contributed by atoms with E-state index in [1.807, 2.05) is 18.2 Å². The maximum atomic E-state index is 13.1. The number of hydrogen-bond acceptors (Lipinski definition) is 6. The molecule has 2 aromatic carbocycles. The fraction of sp³-hybridized carbons (Fsp3) is 0.286. The van der Waals surface area contributed by atoms with Gasteiger partial charge in [0.05, 0.1) is 0 Å². The molecule has 0 radical (unpaired) electrons. The Labute approximate surface area is 167 Å². The Morgan fingerprint density at radius 1 is 1.14 bits per heavy atom. The SMILES string of the molecule is CC(=O)C1CN(c2ccccc2)CCN1c1nc(Cc2ccc(F)cc2)ns1. The molecule has 1 unspecified atom stereocenters. The molecule has 5 nitrogen and oxygen atoms in total. The smallest absolute Gasteiger partial charge is 0.205 e. The summed E-state index contributed by atoms with van der Waals surface area (Å²) in [6.07, 6.45) is 0.547. The number of benzene rings is 2. The molecule has 3 aromatic rings. The summed E-state index contributed by atoms with van der Waals surface area (Å²) in [5, 5.41) is 0.769. The van der Waals surface area contributed by atoms with Crippen LogP contribution in [0.15, 0.2) is 54.6 Å². The number of carbonyl (C=O) groups excluding carboxylic acids is 1. The summed E-state index contributed by atoms with van der Waals surface area (Å²) in [7, 11) is 0. The molecule has 2 heterocycles. The van der Waals surface area contributed by atoms with Crippen molar-refractivity contribution in [3.8, 4) is 0 Å².